The minimum absolute atomic E-state index is 0.0511. The molecular formula is C24H31N3O3S. The average molecular weight is 442 g/mol. The first-order chi connectivity index (χ1) is 15.1. The smallest absolute Gasteiger partial charge is 0.224 e. The number of likely N-dealkylation sites (tertiary alicyclic amines) is 2. The highest BCUT2D eigenvalue weighted by Gasteiger charge is 2.30. The van der Waals surface area contributed by atoms with Crippen LogP contribution >= 0.6 is 11.3 Å². The second kappa shape index (κ2) is 9.28. The van der Waals surface area contributed by atoms with Gasteiger partial charge in [0.05, 0.1) is 0 Å². The zero-order valence-corrected chi connectivity index (χ0v) is 18.7. The lowest BCUT2D eigenvalue weighted by Crippen LogP contribution is -2.48. The van der Waals surface area contributed by atoms with Gasteiger partial charge in [0.15, 0.2) is 0 Å². The van der Waals surface area contributed by atoms with E-state index in [9.17, 15) is 9.90 Å². The van der Waals surface area contributed by atoms with E-state index in [4.69, 9.17) is 4.74 Å². The third kappa shape index (κ3) is 5.12. The van der Waals surface area contributed by atoms with Crippen molar-refractivity contribution in [2.75, 3.05) is 31.5 Å². The fraction of sp³-hybridized carbons (Fsp3) is 0.542. The lowest BCUT2D eigenvalue weighted by atomic mass is 10.0. The number of amides is 1. The van der Waals surface area contributed by atoms with Gasteiger partial charge in [-0.3, -0.25) is 14.6 Å². The standard InChI is InChI=1S/C24H31N3O3S/c28-22-15-27(14-20-11-17(16-31-20)13-26-8-1-2-9-26)10-7-23(22)30-19-5-3-18-4-6-24(29)25-21(18)12-19/h3,5,11-12,16,22-23,28H,1-2,4,6-10,13-15H2,(H,25,29)/t22-,23-/m1/s1. The number of ether oxygens (including phenoxy) is 1. The average Bonchev–Trinajstić information content (AvgIpc) is 3.42. The van der Waals surface area contributed by atoms with Crippen LogP contribution in [0.4, 0.5) is 5.69 Å². The van der Waals surface area contributed by atoms with Gasteiger partial charge in [0, 0.05) is 49.2 Å². The Morgan fingerprint density at radius 1 is 1.10 bits per heavy atom. The van der Waals surface area contributed by atoms with Crippen molar-refractivity contribution >= 4 is 22.9 Å². The zero-order chi connectivity index (χ0) is 21.2. The number of hydrogen-bond donors (Lipinski definition) is 2. The van der Waals surface area contributed by atoms with Gasteiger partial charge in [-0.15, -0.1) is 11.3 Å². The van der Waals surface area contributed by atoms with Crippen LogP contribution in [0.1, 0.15) is 41.7 Å². The molecule has 0 saturated carbocycles. The monoisotopic (exact) mass is 441 g/mol. The van der Waals surface area contributed by atoms with Crippen molar-refractivity contribution in [2.24, 2.45) is 0 Å². The number of nitrogens with one attached hydrogen (secondary N) is 1. The minimum Gasteiger partial charge on any atom is -0.488 e. The Kier molecular flexibility index (Phi) is 6.27. The van der Waals surface area contributed by atoms with Crippen LogP contribution in [0.25, 0.3) is 0 Å². The van der Waals surface area contributed by atoms with E-state index in [0.717, 1.165) is 43.7 Å². The number of aliphatic hydroxyl groups is 1. The molecular weight excluding hydrogens is 410 g/mol. The Balaban J connectivity index is 1.13. The Bertz CT molecular complexity index is 925. The molecule has 2 saturated heterocycles. The van der Waals surface area contributed by atoms with Crippen LogP contribution in [-0.2, 0) is 24.3 Å². The molecule has 0 aliphatic carbocycles. The highest BCUT2D eigenvalue weighted by atomic mass is 32.1. The van der Waals surface area contributed by atoms with Crippen molar-refractivity contribution in [1.82, 2.24) is 9.80 Å². The molecule has 0 spiro atoms. The minimum atomic E-state index is -0.525. The van der Waals surface area contributed by atoms with Crippen molar-refractivity contribution in [3.8, 4) is 5.75 Å². The molecule has 7 heteroatoms. The number of aryl methyl sites for hydroxylation is 1. The SMILES string of the molecule is O=C1CCc2ccc(O[C@@H]3CCN(Cc4cc(CN5CCCC5)cs4)C[C@H]3O)cc2N1. The summed E-state index contributed by atoms with van der Waals surface area (Å²) in [6.45, 7) is 5.92. The molecule has 0 unspecified atom stereocenters. The van der Waals surface area contributed by atoms with E-state index >= 15 is 0 Å². The molecule has 2 aromatic rings. The van der Waals surface area contributed by atoms with E-state index in [0.29, 0.717) is 18.7 Å². The van der Waals surface area contributed by atoms with Crippen molar-refractivity contribution in [3.05, 3.63) is 45.6 Å². The number of aliphatic hydroxyl groups excluding tert-OH is 1. The van der Waals surface area contributed by atoms with Crippen LogP contribution in [0.5, 0.6) is 5.75 Å². The number of piperidine rings is 1. The van der Waals surface area contributed by atoms with E-state index in [-0.39, 0.29) is 12.0 Å². The van der Waals surface area contributed by atoms with Gasteiger partial charge in [0.2, 0.25) is 5.91 Å². The molecule has 0 bridgehead atoms. The molecule has 3 aliphatic rings. The molecule has 31 heavy (non-hydrogen) atoms. The highest BCUT2D eigenvalue weighted by molar-refractivity contribution is 7.10. The van der Waals surface area contributed by atoms with Crippen molar-refractivity contribution < 1.29 is 14.6 Å². The second-order valence-electron chi connectivity index (χ2n) is 9.02. The van der Waals surface area contributed by atoms with Gasteiger partial charge in [0.25, 0.3) is 0 Å². The third-order valence-electron chi connectivity index (χ3n) is 6.56. The number of anilines is 1. The molecule has 4 heterocycles. The maximum Gasteiger partial charge on any atom is 0.224 e. The van der Waals surface area contributed by atoms with Gasteiger partial charge < -0.3 is 15.2 Å². The number of hydrogen-bond acceptors (Lipinski definition) is 6. The first kappa shape index (κ1) is 20.9. The number of nitrogens with zero attached hydrogens (tertiary/aromatic N) is 2. The molecule has 2 fully saturated rings. The lowest BCUT2D eigenvalue weighted by molar-refractivity contribution is -0.116. The van der Waals surface area contributed by atoms with Crippen LogP contribution in [0.2, 0.25) is 0 Å². The molecule has 166 valence electrons. The topological polar surface area (TPSA) is 65.0 Å². The van der Waals surface area contributed by atoms with E-state index in [1.807, 2.05) is 29.5 Å². The Hall–Kier alpha value is -1.93. The number of rotatable bonds is 6. The van der Waals surface area contributed by atoms with Crippen molar-refractivity contribution in [1.29, 1.82) is 0 Å². The second-order valence-corrected chi connectivity index (χ2v) is 10.0. The molecule has 3 aliphatic heterocycles. The van der Waals surface area contributed by atoms with Crippen molar-refractivity contribution in [3.63, 3.8) is 0 Å². The van der Waals surface area contributed by atoms with E-state index in [1.54, 1.807) is 0 Å². The summed E-state index contributed by atoms with van der Waals surface area (Å²) in [6, 6.07) is 8.18. The predicted octanol–water partition coefficient (Wildman–Crippen LogP) is 3.24. The maximum atomic E-state index is 11.7. The summed E-state index contributed by atoms with van der Waals surface area (Å²) in [6.07, 6.45) is 4.00. The molecule has 1 aromatic heterocycles. The first-order valence-corrected chi connectivity index (χ1v) is 12.3. The Morgan fingerprint density at radius 2 is 1.97 bits per heavy atom. The summed E-state index contributed by atoms with van der Waals surface area (Å²) in [4.78, 5) is 17.9. The molecule has 1 amide bonds. The largest absolute Gasteiger partial charge is 0.488 e. The van der Waals surface area contributed by atoms with Crippen LogP contribution in [0.3, 0.4) is 0 Å². The van der Waals surface area contributed by atoms with Gasteiger partial charge >= 0.3 is 0 Å². The van der Waals surface area contributed by atoms with Crippen LogP contribution in [0, 0.1) is 0 Å². The Morgan fingerprint density at radius 3 is 2.81 bits per heavy atom. The number of carbonyl (C=O) groups excluding carboxylic acids is 1. The van der Waals surface area contributed by atoms with Crippen LogP contribution in [0.15, 0.2) is 29.6 Å². The van der Waals surface area contributed by atoms with E-state index in [2.05, 4.69) is 26.6 Å². The van der Waals surface area contributed by atoms with E-state index < -0.39 is 6.10 Å². The molecule has 2 atom stereocenters. The number of fused-ring (bicyclic) bond motifs is 1. The molecule has 6 nitrogen and oxygen atoms in total. The molecule has 2 N–H and O–H groups in total. The van der Waals surface area contributed by atoms with E-state index in [1.165, 1.54) is 36.4 Å². The molecule has 5 rings (SSSR count). The van der Waals surface area contributed by atoms with Gasteiger partial charge in [-0.25, -0.2) is 0 Å². The quantitative estimate of drug-likeness (QED) is 0.721. The summed E-state index contributed by atoms with van der Waals surface area (Å²) in [5.41, 5.74) is 3.39. The fourth-order valence-electron chi connectivity index (χ4n) is 4.87. The summed E-state index contributed by atoms with van der Waals surface area (Å²) < 4.78 is 6.12. The highest BCUT2D eigenvalue weighted by Crippen LogP contribution is 2.29. The first-order valence-electron chi connectivity index (χ1n) is 11.4. The number of carbonyl (C=O) groups is 1. The summed E-state index contributed by atoms with van der Waals surface area (Å²) in [7, 11) is 0. The zero-order valence-electron chi connectivity index (χ0n) is 17.9. The predicted molar refractivity (Wildman–Crippen MR) is 123 cm³/mol. The maximum absolute atomic E-state index is 11.7. The van der Waals surface area contributed by atoms with Gasteiger partial charge in [-0.2, -0.15) is 0 Å². The Labute approximate surface area is 187 Å². The van der Waals surface area contributed by atoms with Crippen molar-refractivity contribution in [2.45, 2.75) is 57.4 Å². The fourth-order valence-corrected chi connectivity index (χ4v) is 5.79. The third-order valence-corrected chi connectivity index (χ3v) is 7.53. The molecule has 1 aromatic carbocycles. The number of β-amino-alcohol motifs (C(OH)–C–C–N with tert-alkyl or cyclic N) is 1. The molecule has 0 radical (unpaired) electrons. The summed E-state index contributed by atoms with van der Waals surface area (Å²) in [5.74, 6) is 0.762. The van der Waals surface area contributed by atoms with Gasteiger partial charge in [0.1, 0.15) is 18.0 Å². The number of benzene rings is 1. The number of thiophene rings is 1. The van der Waals surface area contributed by atoms with Crippen LogP contribution in [-0.4, -0.2) is 59.2 Å². The van der Waals surface area contributed by atoms with Gasteiger partial charge in [-0.05, 0) is 67.4 Å². The van der Waals surface area contributed by atoms with Gasteiger partial charge in [-0.1, -0.05) is 6.07 Å². The lowest BCUT2D eigenvalue weighted by Gasteiger charge is -2.35. The summed E-state index contributed by atoms with van der Waals surface area (Å²) in [5, 5.41) is 15.9. The summed E-state index contributed by atoms with van der Waals surface area (Å²) >= 11 is 1.83. The normalized spacial score (nSPS) is 24.7. The van der Waals surface area contributed by atoms with Crippen LogP contribution < -0.4 is 10.1 Å².